The third-order valence-corrected chi connectivity index (χ3v) is 4.42. The molecule has 0 aliphatic heterocycles. The van der Waals surface area contributed by atoms with E-state index in [4.69, 9.17) is 4.98 Å². The van der Waals surface area contributed by atoms with Crippen LogP contribution in [0.1, 0.15) is 62.2 Å². The van der Waals surface area contributed by atoms with Crippen LogP contribution in [0.15, 0.2) is 0 Å². The first kappa shape index (κ1) is 13.0. The highest BCUT2D eigenvalue weighted by molar-refractivity contribution is 7.11. The Balaban J connectivity index is 2.13. The number of hydrogen-bond acceptors (Lipinski definition) is 3. The molecule has 1 aliphatic rings. The molecule has 0 bridgehead atoms. The number of aromatic nitrogens is 1. The second kappa shape index (κ2) is 5.49. The molecule has 1 unspecified atom stereocenters. The molecule has 1 heterocycles. The van der Waals surface area contributed by atoms with Crippen LogP contribution in [0.5, 0.6) is 0 Å². The molecule has 3 heteroatoms. The Kier molecular flexibility index (Phi) is 4.21. The van der Waals surface area contributed by atoms with Crippen LogP contribution in [0.4, 0.5) is 0 Å². The Morgan fingerprint density at radius 2 is 2.00 bits per heavy atom. The zero-order chi connectivity index (χ0) is 12.4. The van der Waals surface area contributed by atoms with Crippen molar-refractivity contribution in [3.8, 4) is 0 Å². The largest absolute Gasteiger partial charge is 0.306 e. The van der Waals surface area contributed by atoms with Crippen molar-refractivity contribution in [3.05, 3.63) is 15.6 Å². The fourth-order valence-electron chi connectivity index (χ4n) is 2.47. The van der Waals surface area contributed by atoms with E-state index < -0.39 is 0 Å². The number of aryl methyl sites for hydroxylation is 2. The predicted octanol–water partition coefficient (Wildman–Crippen LogP) is 3.72. The number of hydrogen-bond donors (Lipinski definition) is 1. The lowest BCUT2D eigenvalue weighted by Gasteiger charge is -2.21. The summed E-state index contributed by atoms with van der Waals surface area (Å²) in [5.41, 5.74) is 1.38. The molecule has 1 N–H and O–H groups in total. The summed E-state index contributed by atoms with van der Waals surface area (Å²) >= 11 is 1.94. The van der Waals surface area contributed by atoms with Crippen molar-refractivity contribution in [1.29, 1.82) is 0 Å². The van der Waals surface area contributed by atoms with Crippen LogP contribution in [-0.4, -0.2) is 11.0 Å². The maximum atomic E-state index is 4.85. The van der Waals surface area contributed by atoms with E-state index in [0.29, 0.717) is 18.0 Å². The fourth-order valence-corrected chi connectivity index (χ4v) is 3.70. The smallest absolute Gasteiger partial charge is 0.110 e. The standard InChI is InChI=1S/C14H24N2S/c1-9(2)8-12(15-10(3)4)14-16-11-6-5-7-13(11)17-14/h9-10,12,15H,5-8H2,1-4H3. The summed E-state index contributed by atoms with van der Waals surface area (Å²) in [7, 11) is 0. The Labute approximate surface area is 109 Å². The van der Waals surface area contributed by atoms with E-state index in [-0.39, 0.29) is 0 Å². The van der Waals surface area contributed by atoms with Crippen molar-refractivity contribution in [3.63, 3.8) is 0 Å². The molecule has 0 saturated heterocycles. The zero-order valence-corrected chi connectivity index (χ0v) is 12.2. The summed E-state index contributed by atoms with van der Waals surface area (Å²) in [6.07, 6.45) is 4.94. The molecular weight excluding hydrogens is 228 g/mol. The summed E-state index contributed by atoms with van der Waals surface area (Å²) in [6, 6.07) is 0.975. The van der Waals surface area contributed by atoms with Gasteiger partial charge < -0.3 is 5.32 Å². The molecular formula is C14H24N2S. The number of thiazole rings is 1. The van der Waals surface area contributed by atoms with E-state index >= 15 is 0 Å². The van der Waals surface area contributed by atoms with Crippen LogP contribution >= 0.6 is 11.3 Å². The van der Waals surface area contributed by atoms with Gasteiger partial charge in [-0.05, 0) is 31.6 Å². The Bertz CT molecular complexity index is 337. The summed E-state index contributed by atoms with van der Waals surface area (Å²) in [5, 5.41) is 4.98. The minimum Gasteiger partial charge on any atom is -0.306 e. The van der Waals surface area contributed by atoms with Gasteiger partial charge in [0.05, 0.1) is 11.7 Å². The lowest BCUT2D eigenvalue weighted by molar-refractivity contribution is 0.399. The topological polar surface area (TPSA) is 24.9 Å². The van der Waals surface area contributed by atoms with Crippen molar-refractivity contribution < 1.29 is 0 Å². The number of nitrogens with one attached hydrogen (secondary N) is 1. The molecule has 0 saturated carbocycles. The van der Waals surface area contributed by atoms with Crippen LogP contribution in [0, 0.1) is 5.92 Å². The van der Waals surface area contributed by atoms with E-state index in [1.54, 1.807) is 4.88 Å². The van der Waals surface area contributed by atoms with Gasteiger partial charge in [0.15, 0.2) is 0 Å². The second-order valence-electron chi connectivity index (χ2n) is 5.78. The van der Waals surface area contributed by atoms with Crippen molar-refractivity contribution in [1.82, 2.24) is 10.3 Å². The van der Waals surface area contributed by atoms with Crippen molar-refractivity contribution in [2.24, 2.45) is 5.92 Å². The van der Waals surface area contributed by atoms with Crippen molar-refractivity contribution >= 4 is 11.3 Å². The van der Waals surface area contributed by atoms with Gasteiger partial charge in [0.25, 0.3) is 0 Å². The van der Waals surface area contributed by atoms with Crippen molar-refractivity contribution in [2.75, 3.05) is 0 Å². The quantitative estimate of drug-likeness (QED) is 0.864. The van der Waals surface area contributed by atoms with E-state index in [9.17, 15) is 0 Å². The Hall–Kier alpha value is -0.410. The molecule has 17 heavy (non-hydrogen) atoms. The highest BCUT2D eigenvalue weighted by Gasteiger charge is 2.22. The number of fused-ring (bicyclic) bond motifs is 1. The Morgan fingerprint density at radius 3 is 2.59 bits per heavy atom. The molecule has 2 rings (SSSR count). The van der Waals surface area contributed by atoms with Gasteiger partial charge in [-0.1, -0.05) is 27.7 Å². The van der Waals surface area contributed by atoms with Gasteiger partial charge in [0.1, 0.15) is 5.01 Å². The highest BCUT2D eigenvalue weighted by atomic mass is 32.1. The molecule has 0 spiro atoms. The van der Waals surface area contributed by atoms with Crippen LogP contribution in [0.3, 0.4) is 0 Å². The average molecular weight is 252 g/mol. The first-order chi connectivity index (χ1) is 8.06. The second-order valence-corrected chi connectivity index (χ2v) is 6.89. The van der Waals surface area contributed by atoms with Gasteiger partial charge in [-0.25, -0.2) is 4.98 Å². The third-order valence-electron chi connectivity index (χ3n) is 3.15. The maximum absolute atomic E-state index is 4.85. The zero-order valence-electron chi connectivity index (χ0n) is 11.4. The molecule has 1 aliphatic carbocycles. The van der Waals surface area contributed by atoms with Crippen LogP contribution < -0.4 is 5.32 Å². The molecule has 0 fully saturated rings. The normalized spacial score (nSPS) is 16.8. The SMILES string of the molecule is CC(C)CC(NC(C)C)c1nc2c(s1)CCC2. The maximum Gasteiger partial charge on any atom is 0.110 e. The van der Waals surface area contributed by atoms with Crippen molar-refractivity contribution in [2.45, 2.75) is 65.5 Å². The summed E-state index contributed by atoms with van der Waals surface area (Å²) < 4.78 is 0. The molecule has 0 aromatic carbocycles. The minimum absolute atomic E-state index is 0.450. The molecule has 0 amide bonds. The van der Waals surface area contributed by atoms with Gasteiger partial charge >= 0.3 is 0 Å². The molecule has 0 radical (unpaired) electrons. The lowest BCUT2D eigenvalue weighted by atomic mass is 10.0. The van der Waals surface area contributed by atoms with Crippen LogP contribution in [-0.2, 0) is 12.8 Å². The first-order valence-electron chi connectivity index (χ1n) is 6.80. The molecule has 1 aromatic rings. The summed E-state index contributed by atoms with van der Waals surface area (Å²) in [4.78, 5) is 6.39. The number of nitrogens with zero attached hydrogens (tertiary/aromatic N) is 1. The lowest BCUT2D eigenvalue weighted by Crippen LogP contribution is -2.29. The third kappa shape index (κ3) is 3.29. The van der Waals surface area contributed by atoms with Crippen LogP contribution in [0.2, 0.25) is 0 Å². The van der Waals surface area contributed by atoms with Gasteiger partial charge in [-0.2, -0.15) is 0 Å². The highest BCUT2D eigenvalue weighted by Crippen LogP contribution is 2.33. The van der Waals surface area contributed by atoms with E-state index in [1.165, 1.54) is 36.4 Å². The molecule has 2 nitrogen and oxygen atoms in total. The van der Waals surface area contributed by atoms with Gasteiger partial charge in [-0.3, -0.25) is 0 Å². The van der Waals surface area contributed by atoms with E-state index in [1.807, 2.05) is 11.3 Å². The summed E-state index contributed by atoms with van der Waals surface area (Å²) in [5.74, 6) is 0.713. The average Bonchev–Trinajstić information content (AvgIpc) is 2.73. The van der Waals surface area contributed by atoms with Gasteiger partial charge in [0, 0.05) is 10.9 Å². The number of rotatable bonds is 5. The fraction of sp³-hybridized carbons (Fsp3) is 0.786. The molecule has 1 atom stereocenters. The first-order valence-corrected chi connectivity index (χ1v) is 7.62. The monoisotopic (exact) mass is 252 g/mol. The van der Waals surface area contributed by atoms with E-state index in [2.05, 4.69) is 33.0 Å². The predicted molar refractivity (Wildman–Crippen MR) is 74.6 cm³/mol. The summed E-state index contributed by atoms with van der Waals surface area (Å²) in [6.45, 7) is 9.01. The minimum atomic E-state index is 0.450. The van der Waals surface area contributed by atoms with E-state index in [0.717, 1.165) is 0 Å². The molecule has 96 valence electrons. The molecule has 1 aromatic heterocycles. The Morgan fingerprint density at radius 1 is 1.24 bits per heavy atom. The van der Waals surface area contributed by atoms with Crippen LogP contribution in [0.25, 0.3) is 0 Å². The van der Waals surface area contributed by atoms with Gasteiger partial charge in [0.2, 0.25) is 0 Å². The van der Waals surface area contributed by atoms with Gasteiger partial charge in [-0.15, -0.1) is 11.3 Å².